The number of carboxylic acids is 1. The second-order valence-corrected chi connectivity index (χ2v) is 3.10. The number of rotatable bonds is 3. The van der Waals surface area contributed by atoms with Crippen molar-refractivity contribution in [2.75, 3.05) is 13.6 Å². The molecule has 1 rings (SSSR count). The minimum Gasteiger partial charge on any atom is -0.477 e. The zero-order valence-electron chi connectivity index (χ0n) is 8.67. The van der Waals surface area contributed by atoms with Crippen LogP contribution < -0.4 is 0 Å². The van der Waals surface area contributed by atoms with Crippen LogP contribution in [-0.4, -0.2) is 40.5 Å². The van der Waals surface area contributed by atoms with E-state index in [-0.39, 0.29) is 18.1 Å². The monoisotopic (exact) mass is 218 g/mol. The third-order valence-corrected chi connectivity index (χ3v) is 1.90. The molecular weight excluding hydrogens is 208 g/mol. The molecule has 0 spiro atoms. The zero-order chi connectivity index (χ0) is 12.1. The van der Waals surface area contributed by atoms with Gasteiger partial charge in [-0.25, -0.2) is 9.78 Å². The lowest BCUT2D eigenvalue weighted by atomic mass is 10.2. The van der Waals surface area contributed by atoms with Gasteiger partial charge in [0.15, 0.2) is 0 Å². The summed E-state index contributed by atoms with van der Waals surface area (Å²) in [6.45, 7) is 0.194. The van der Waals surface area contributed by atoms with Gasteiger partial charge in [0.05, 0.1) is 12.1 Å². The van der Waals surface area contributed by atoms with Gasteiger partial charge in [0, 0.05) is 13.2 Å². The molecule has 1 aromatic rings. The number of pyridine rings is 1. The van der Waals surface area contributed by atoms with Crippen LogP contribution in [-0.2, 0) is 0 Å². The van der Waals surface area contributed by atoms with Gasteiger partial charge in [0.2, 0.25) is 0 Å². The normalized spacial score (nSPS) is 9.25. The van der Waals surface area contributed by atoms with Crippen LogP contribution in [0.4, 0.5) is 0 Å². The summed E-state index contributed by atoms with van der Waals surface area (Å²) in [7, 11) is 1.56. The summed E-state index contributed by atoms with van der Waals surface area (Å²) in [5.41, 5.74) is 0.207. The van der Waals surface area contributed by atoms with Crippen molar-refractivity contribution in [3.8, 4) is 12.3 Å². The largest absolute Gasteiger partial charge is 0.477 e. The van der Waals surface area contributed by atoms with Crippen molar-refractivity contribution in [1.29, 1.82) is 0 Å². The fourth-order valence-corrected chi connectivity index (χ4v) is 1.08. The molecule has 1 amide bonds. The molecule has 0 saturated carbocycles. The van der Waals surface area contributed by atoms with Crippen molar-refractivity contribution in [1.82, 2.24) is 9.88 Å². The lowest BCUT2D eigenvalue weighted by Gasteiger charge is -2.13. The fraction of sp³-hybridized carbons (Fsp3) is 0.182. The molecule has 0 aliphatic rings. The molecular formula is C11H10N2O3. The quantitative estimate of drug-likeness (QED) is 0.749. The Bertz CT molecular complexity index is 445. The average Bonchev–Trinajstić information content (AvgIpc) is 2.28. The summed E-state index contributed by atoms with van der Waals surface area (Å²) in [5, 5.41) is 8.62. The van der Waals surface area contributed by atoms with Crippen LogP contribution in [0.15, 0.2) is 18.3 Å². The van der Waals surface area contributed by atoms with Crippen LogP contribution >= 0.6 is 0 Å². The van der Waals surface area contributed by atoms with Crippen LogP contribution in [0.3, 0.4) is 0 Å². The van der Waals surface area contributed by atoms with E-state index >= 15 is 0 Å². The van der Waals surface area contributed by atoms with Crippen molar-refractivity contribution in [3.05, 3.63) is 29.6 Å². The standard InChI is InChI=1S/C11H10N2O3/c1-3-6-13(2)10(14)8-4-5-9(11(15)16)12-7-8/h1,4-5,7H,6H2,2H3,(H,15,16). The van der Waals surface area contributed by atoms with Crippen molar-refractivity contribution in [3.63, 3.8) is 0 Å². The first kappa shape index (κ1) is 11.7. The lowest BCUT2D eigenvalue weighted by molar-refractivity contribution is 0.0688. The number of carboxylic acid groups (broad SMARTS) is 1. The van der Waals surface area contributed by atoms with E-state index in [1.165, 1.54) is 23.2 Å². The maximum atomic E-state index is 11.7. The highest BCUT2D eigenvalue weighted by molar-refractivity contribution is 5.94. The van der Waals surface area contributed by atoms with Gasteiger partial charge in [-0.15, -0.1) is 6.42 Å². The molecule has 0 unspecified atom stereocenters. The Hall–Kier alpha value is -2.35. The Labute approximate surface area is 92.7 Å². The first-order valence-corrected chi connectivity index (χ1v) is 4.44. The number of amides is 1. The van der Waals surface area contributed by atoms with E-state index < -0.39 is 5.97 Å². The SMILES string of the molecule is C#CCN(C)C(=O)c1ccc(C(=O)O)nc1. The first-order valence-electron chi connectivity index (χ1n) is 4.44. The third kappa shape index (κ3) is 2.58. The van der Waals surface area contributed by atoms with E-state index in [0.29, 0.717) is 5.56 Å². The summed E-state index contributed by atoms with van der Waals surface area (Å²) in [5.74, 6) is 0.920. The Balaban J connectivity index is 2.86. The van der Waals surface area contributed by atoms with E-state index in [1.54, 1.807) is 7.05 Å². The summed E-state index contributed by atoms with van der Waals surface area (Å²) >= 11 is 0. The first-order chi connectivity index (χ1) is 7.56. The number of aromatic carboxylic acids is 1. The number of aromatic nitrogens is 1. The van der Waals surface area contributed by atoms with Crippen molar-refractivity contribution < 1.29 is 14.7 Å². The summed E-state index contributed by atoms with van der Waals surface area (Å²) < 4.78 is 0. The number of terminal acetylenes is 1. The molecule has 0 aromatic carbocycles. The van der Waals surface area contributed by atoms with Gasteiger partial charge in [-0.1, -0.05) is 5.92 Å². The van der Waals surface area contributed by atoms with Gasteiger partial charge in [-0.3, -0.25) is 4.79 Å². The number of carbonyl (C=O) groups is 2. The van der Waals surface area contributed by atoms with E-state index in [0.717, 1.165) is 0 Å². The average molecular weight is 218 g/mol. The molecule has 0 radical (unpaired) electrons. The molecule has 1 aromatic heterocycles. The number of hydrogen-bond acceptors (Lipinski definition) is 3. The predicted octanol–water partition coefficient (Wildman–Crippen LogP) is 0.485. The van der Waals surface area contributed by atoms with Crippen LogP contribution in [0.2, 0.25) is 0 Å². The predicted molar refractivity (Wildman–Crippen MR) is 57.0 cm³/mol. The maximum absolute atomic E-state index is 11.7. The molecule has 0 bridgehead atoms. The highest BCUT2D eigenvalue weighted by Crippen LogP contribution is 2.03. The van der Waals surface area contributed by atoms with Gasteiger partial charge < -0.3 is 10.0 Å². The zero-order valence-corrected chi connectivity index (χ0v) is 8.67. The van der Waals surface area contributed by atoms with Gasteiger partial charge in [-0.05, 0) is 12.1 Å². The highest BCUT2D eigenvalue weighted by Gasteiger charge is 2.12. The Morgan fingerprint density at radius 2 is 2.25 bits per heavy atom. The molecule has 16 heavy (non-hydrogen) atoms. The second kappa shape index (κ2) is 4.94. The van der Waals surface area contributed by atoms with Gasteiger partial charge in [-0.2, -0.15) is 0 Å². The Morgan fingerprint density at radius 3 is 2.69 bits per heavy atom. The lowest BCUT2D eigenvalue weighted by Crippen LogP contribution is -2.27. The van der Waals surface area contributed by atoms with Crippen molar-refractivity contribution >= 4 is 11.9 Å². The van der Waals surface area contributed by atoms with E-state index in [4.69, 9.17) is 11.5 Å². The van der Waals surface area contributed by atoms with Crippen LogP contribution in [0.25, 0.3) is 0 Å². The highest BCUT2D eigenvalue weighted by atomic mass is 16.4. The topological polar surface area (TPSA) is 70.5 Å². The molecule has 0 fully saturated rings. The summed E-state index contributed by atoms with van der Waals surface area (Å²) in [4.78, 5) is 27.2. The Morgan fingerprint density at radius 1 is 1.56 bits per heavy atom. The van der Waals surface area contributed by atoms with Gasteiger partial charge in [0.25, 0.3) is 5.91 Å². The fourth-order valence-electron chi connectivity index (χ4n) is 1.08. The van der Waals surface area contributed by atoms with Crippen LogP contribution in [0.5, 0.6) is 0 Å². The summed E-state index contributed by atoms with van der Waals surface area (Å²) in [6, 6.07) is 2.69. The maximum Gasteiger partial charge on any atom is 0.354 e. The van der Waals surface area contributed by atoms with Crippen LogP contribution in [0, 0.1) is 12.3 Å². The molecule has 1 N–H and O–H groups in total. The van der Waals surface area contributed by atoms with Crippen molar-refractivity contribution in [2.45, 2.75) is 0 Å². The molecule has 0 saturated heterocycles. The number of carbonyl (C=O) groups excluding carboxylic acids is 1. The van der Waals surface area contributed by atoms with Gasteiger partial charge in [0.1, 0.15) is 5.69 Å². The van der Waals surface area contributed by atoms with Gasteiger partial charge >= 0.3 is 5.97 Å². The second-order valence-electron chi connectivity index (χ2n) is 3.10. The molecule has 82 valence electrons. The smallest absolute Gasteiger partial charge is 0.354 e. The molecule has 5 nitrogen and oxygen atoms in total. The number of nitrogens with zero attached hydrogens (tertiary/aromatic N) is 2. The minimum absolute atomic E-state index is 0.101. The van der Waals surface area contributed by atoms with Crippen LogP contribution in [0.1, 0.15) is 20.8 Å². The number of hydrogen-bond donors (Lipinski definition) is 1. The molecule has 0 atom stereocenters. The third-order valence-electron chi connectivity index (χ3n) is 1.90. The van der Waals surface area contributed by atoms with Crippen molar-refractivity contribution in [2.24, 2.45) is 0 Å². The molecule has 5 heteroatoms. The van der Waals surface area contributed by atoms with E-state index in [1.807, 2.05) is 0 Å². The Kier molecular flexibility index (Phi) is 3.62. The molecule has 0 aliphatic carbocycles. The summed E-state index contributed by atoms with van der Waals surface area (Å²) in [6.07, 6.45) is 6.29. The molecule has 0 aliphatic heterocycles. The van der Waals surface area contributed by atoms with E-state index in [9.17, 15) is 9.59 Å². The van der Waals surface area contributed by atoms with E-state index in [2.05, 4.69) is 10.9 Å². The molecule has 1 heterocycles. The minimum atomic E-state index is -1.13.